The lowest BCUT2D eigenvalue weighted by atomic mass is 10.1. The summed E-state index contributed by atoms with van der Waals surface area (Å²) in [6.07, 6.45) is 4.62. The molecule has 28 heavy (non-hydrogen) atoms. The molecule has 1 amide bonds. The van der Waals surface area contributed by atoms with E-state index in [9.17, 15) is 9.18 Å². The second-order valence-corrected chi connectivity index (χ2v) is 7.41. The molecule has 1 saturated heterocycles. The molecule has 7 heteroatoms. The molecular weight excluding hydrogens is 379 g/mol. The normalized spacial score (nSPS) is 14.3. The number of benzene rings is 1. The van der Waals surface area contributed by atoms with E-state index >= 15 is 0 Å². The summed E-state index contributed by atoms with van der Waals surface area (Å²) < 4.78 is 14.4. The minimum Gasteiger partial charge on any atom is -0.352 e. The molecule has 4 rings (SSSR count). The first-order valence-electron chi connectivity index (χ1n) is 9.30. The molecule has 3 heterocycles. The first-order chi connectivity index (χ1) is 13.5. The summed E-state index contributed by atoms with van der Waals surface area (Å²) in [6, 6.07) is 7.97. The molecule has 0 spiro atoms. The highest BCUT2D eigenvalue weighted by molar-refractivity contribution is 6.30. The monoisotopic (exact) mass is 398 g/mol. The number of carbonyl (C=O) groups is 1. The molecule has 0 unspecified atom stereocenters. The maximum absolute atomic E-state index is 14.4. The predicted molar refractivity (Wildman–Crippen MR) is 109 cm³/mol. The zero-order valence-electron chi connectivity index (χ0n) is 15.5. The first-order valence-corrected chi connectivity index (χ1v) is 9.68. The topological polar surface area (TPSA) is 58.1 Å². The average molecular weight is 399 g/mol. The minimum absolute atomic E-state index is 0.111. The number of nitrogens with one attached hydrogen (secondary N) is 1. The van der Waals surface area contributed by atoms with Gasteiger partial charge in [0.25, 0.3) is 5.91 Å². The highest BCUT2D eigenvalue weighted by Gasteiger charge is 2.23. The molecule has 5 nitrogen and oxygen atoms in total. The van der Waals surface area contributed by atoms with E-state index in [0.29, 0.717) is 40.4 Å². The van der Waals surface area contributed by atoms with Crippen LogP contribution in [0, 0.1) is 12.7 Å². The lowest BCUT2D eigenvalue weighted by Gasteiger charge is -2.27. The van der Waals surface area contributed by atoms with Crippen molar-refractivity contribution in [3.05, 3.63) is 58.6 Å². The van der Waals surface area contributed by atoms with Crippen molar-refractivity contribution in [2.45, 2.75) is 26.2 Å². The smallest absolute Gasteiger partial charge is 0.257 e. The number of aromatic nitrogens is 2. The zero-order chi connectivity index (χ0) is 19.7. The molecule has 144 valence electrons. The van der Waals surface area contributed by atoms with E-state index in [4.69, 9.17) is 11.6 Å². The van der Waals surface area contributed by atoms with Crippen molar-refractivity contribution in [3.8, 4) is 0 Å². The van der Waals surface area contributed by atoms with Crippen LogP contribution in [-0.4, -0.2) is 33.9 Å². The number of amides is 1. The van der Waals surface area contributed by atoms with Gasteiger partial charge in [-0.1, -0.05) is 11.6 Å². The molecule has 0 atom stereocenters. The van der Waals surface area contributed by atoms with Crippen LogP contribution in [0.2, 0.25) is 5.02 Å². The fourth-order valence-electron chi connectivity index (χ4n) is 3.46. The number of fused-ring (bicyclic) bond motifs is 1. The number of halogens is 2. The fraction of sp³-hybridized carbons (Fsp3) is 0.286. The standard InChI is InChI=1S/C21H20ClFN4O/c1-13-5-7-15-19(26-18-11-14(22)6-8-17(18)23)16(12-24-20(15)25-13)21(28)27-9-3-2-4-10-27/h5-8,11-12H,2-4,9-10H2,1H3,(H,24,25,26). The second kappa shape index (κ2) is 7.72. The second-order valence-electron chi connectivity index (χ2n) is 6.97. The number of anilines is 2. The Balaban J connectivity index is 1.84. The summed E-state index contributed by atoms with van der Waals surface area (Å²) in [6.45, 7) is 3.31. The molecule has 3 aromatic rings. The molecule has 0 saturated carbocycles. The first kappa shape index (κ1) is 18.6. The van der Waals surface area contributed by atoms with Crippen molar-refractivity contribution >= 4 is 39.9 Å². The van der Waals surface area contributed by atoms with Crippen LogP contribution in [0.1, 0.15) is 35.3 Å². The Hall–Kier alpha value is -2.73. The summed E-state index contributed by atoms with van der Waals surface area (Å²) in [5.41, 5.74) is 2.41. The molecule has 0 radical (unpaired) electrons. The molecule has 0 bridgehead atoms. The van der Waals surface area contributed by atoms with Crippen molar-refractivity contribution in [1.82, 2.24) is 14.9 Å². The number of carbonyl (C=O) groups excluding carboxylic acids is 1. The Morgan fingerprint density at radius 2 is 1.96 bits per heavy atom. The van der Waals surface area contributed by atoms with E-state index in [2.05, 4.69) is 15.3 Å². The van der Waals surface area contributed by atoms with Crippen molar-refractivity contribution in [3.63, 3.8) is 0 Å². The maximum Gasteiger partial charge on any atom is 0.257 e. The summed E-state index contributed by atoms with van der Waals surface area (Å²) in [7, 11) is 0. The van der Waals surface area contributed by atoms with Gasteiger partial charge in [-0.2, -0.15) is 0 Å². The van der Waals surface area contributed by atoms with Crippen molar-refractivity contribution in [2.75, 3.05) is 18.4 Å². The Labute approximate surface area is 167 Å². The van der Waals surface area contributed by atoms with Crippen LogP contribution < -0.4 is 5.32 Å². The summed E-state index contributed by atoms with van der Waals surface area (Å²) >= 11 is 6.04. The Bertz CT molecular complexity index is 1050. The van der Waals surface area contributed by atoms with Crippen LogP contribution in [-0.2, 0) is 0 Å². The lowest BCUT2D eigenvalue weighted by molar-refractivity contribution is 0.0725. The summed E-state index contributed by atoms with van der Waals surface area (Å²) in [4.78, 5) is 23.8. The van der Waals surface area contributed by atoms with Crippen LogP contribution in [0.15, 0.2) is 36.5 Å². The number of likely N-dealkylation sites (tertiary alicyclic amines) is 1. The zero-order valence-corrected chi connectivity index (χ0v) is 16.3. The molecule has 0 aliphatic carbocycles. The van der Waals surface area contributed by atoms with E-state index < -0.39 is 5.82 Å². The van der Waals surface area contributed by atoms with E-state index in [1.54, 1.807) is 0 Å². The summed E-state index contributed by atoms with van der Waals surface area (Å²) in [5, 5.41) is 4.14. The fourth-order valence-corrected chi connectivity index (χ4v) is 3.64. The quantitative estimate of drug-likeness (QED) is 0.666. The number of hydrogen-bond acceptors (Lipinski definition) is 4. The van der Waals surface area contributed by atoms with Gasteiger partial charge >= 0.3 is 0 Å². The van der Waals surface area contributed by atoms with Gasteiger partial charge in [-0.15, -0.1) is 0 Å². The molecule has 1 N–H and O–H groups in total. The molecule has 1 aromatic carbocycles. The predicted octanol–water partition coefficient (Wildman–Crippen LogP) is 5.10. The van der Waals surface area contributed by atoms with Gasteiger partial charge in [0.1, 0.15) is 5.82 Å². The lowest BCUT2D eigenvalue weighted by Crippen LogP contribution is -2.36. The number of hydrogen-bond donors (Lipinski definition) is 1. The van der Waals surface area contributed by atoms with Crippen LogP contribution in [0.5, 0.6) is 0 Å². The van der Waals surface area contributed by atoms with Gasteiger partial charge in [-0.25, -0.2) is 14.4 Å². The maximum atomic E-state index is 14.4. The van der Waals surface area contributed by atoms with Crippen molar-refractivity contribution in [2.24, 2.45) is 0 Å². The average Bonchev–Trinajstić information content (AvgIpc) is 2.71. The minimum atomic E-state index is -0.453. The number of piperidine rings is 1. The van der Waals surface area contributed by atoms with Gasteiger partial charge in [-0.05, 0) is 56.5 Å². The Kier molecular flexibility index (Phi) is 5.13. The van der Waals surface area contributed by atoms with Crippen LogP contribution in [0.3, 0.4) is 0 Å². The van der Waals surface area contributed by atoms with E-state index in [-0.39, 0.29) is 11.6 Å². The summed E-state index contributed by atoms with van der Waals surface area (Å²) in [5.74, 6) is -0.564. The third-order valence-corrected chi connectivity index (χ3v) is 5.17. The third kappa shape index (κ3) is 3.64. The van der Waals surface area contributed by atoms with E-state index in [1.165, 1.54) is 24.4 Å². The van der Waals surface area contributed by atoms with Gasteiger partial charge in [0.2, 0.25) is 0 Å². The Morgan fingerprint density at radius 3 is 2.75 bits per heavy atom. The van der Waals surface area contributed by atoms with E-state index in [1.807, 2.05) is 24.0 Å². The molecule has 2 aromatic heterocycles. The third-order valence-electron chi connectivity index (χ3n) is 4.93. The molecule has 1 fully saturated rings. The van der Waals surface area contributed by atoms with Crippen LogP contribution >= 0.6 is 11.6 Å². The molecule has 1 aliphatic heterocycles. The van der Waals surface area contributed by atoms with Crippen LogP contribution in [0.4, 0.5) is 15.8 Å². The molecular formula is C21H20ClFN4O. The van der Waals surface area contributed by atoms with Crippen LogP contribution in [0.25, 0.3) is 11.0 Å². The largest absolute Gasteiger partial charge is 0.352 e. The van der Waals surface area contributed by atoms with Gasteiger partial charge in [0, 0.05) is 35.4 Å². The van der Waals surface area contributed by atoms with Crippen molar-refractivity contribution in [1.29, 1.82) is 0 Å². The number of nitrogens with zero attached hydrogens (tertiary/aromatic N) is 3. The molecule has 1 aliphatic rings. The highest BCUT2D eigenvalue weighted by Crippen LogP contribution is 2.32. The number of rotatable bonds is 3. The highest BCUT2D eigenvalue weighted by atomic mass is 35.5. The van der Waals surface area contributed by atoms with Gasteiger partial charge in [0.05, 0.1) is 16.9 Å². The van der Waals surface area contributed by atoms with E-state index in [0.717, 1.165) is 25.0 Å². The SMILES string of the molecule is Cc1ccc2c(Nc3cc(Cl)ccc3F)c(C(=O)N3CCCCC3)cnc2n1. The van der Waals surface area contributed by atoms with Crippen molar-refractivity contribution < 1.29 is 9.18 Å². The number of pyridine rings is 2. The van der Waals surface area contributed by atoms with Gasteiger partial charge in [-0.3, -0.25) is 4.79 Å². The van der Waals surface area contributed by atoms with Gasteiger partial charge < -0.3 is 10.2 Å². The van der Waals surface area contributed by atoms with Gasteiger partial charge in [0.15, 0.2) is 5.65 Å². The Morgan fingerprint density at radius 1 is 1.18 bits per heavy atom. The number of aryl methyl sites for hydroxylation is 1.